The molecule has 0 aliphatic carbocycles. The van der Waals surface area contributed by atoms with E-state index in [1.54, 1.807) is 6.07 Å². The van der Waals surface area contributed by atoms with Crippen LogP contribution in [0.15, 0.2) is 72.8 Å². The van der Waals surface area contributed by atoms with Crippen LogP contribution in [-0.4, -0.2) is 37.5 Å². The summed E-state index contributed by atoms with van der Waals surface area (Å²) in [7, 11) is 0. The fraction of sp³-hybridized carbons (Fsp3) is 0.222. The molecule has 0 N–H and O–H groups in total. The number of rotatable bonds is 6. The predicted molar refractivity (Wildman–Crippen MR) is 122 cm³/mol. The second kappa shape index (κ2) is 10.4. The summed E-state index contributed by atoms with van der Waals surface area (Å²) >= 11 is 0. The second-order valence-corrected chi connectivity index (χ2v) is 8.70. The molecule has 4 rings (SSSR count). The van der Waals surface area contributed by atoms with E-state index in [-0.39, 0.29) is 11.3 Å². The van der Waals surface area contributed by atoms with Crippen molar-refractivity contribution in [2.45, 2.75) is 12.4 Å². The Bertz CT molecular complexity index is 1340. The molecule has 0 saturated heterocycles. The molecular formula is C27H18F6O6. The van der Waals surface area contributed by atoms with Gasteiger partial charge in [0.2, 0.25) is 0 Å². The van der Waals surface area contributed by atoms with Crippen molar-refractivity contribution < 1.29 is 54.9 Å². The fourth-order valence-electron chi connectivity index (χ4n) is 3.82. The van der Waals surface area contributed by atoms with Gasteiger partial charge in [-0.1, -0.05) is 24.3 Å². The first kappa shape index (κ1) is 27.7. The van der Waals surface area contributed by atoms with Gasteiger partial charge in [0.05, 0.1) is 27.8 Å². The Balaban J connectivity index is 1.57. The molecule has 3 aromatic carbocycles. The Morgan fingerprint density at radius 3 is 1.72 bits per heavy atom. The van der Waals surface area contributed by atoms with E-state index in [9.17, 15) is 40.7 Å². The standard InChI is InChI=1S/C27H18F6O6/c28-26(29,30)18-7-3-5-16(11-18)23(35)38-14-25(13-37-21-10-2-1-9-20(21)22(25)34)15-39-24(36)17-6-4-8-19(12-17)27(31,32)33/h1-12H,13-15H2. The third kappa shape index (κ3) is 6.05. The summed E-state index contributed by atoms with van der Waals surface area (Å²) < 4.78 is 94.2. The summed E-state index contributed by atoms with van der Waals surface area (Å²) in [6, 6.07) is 12.9. The Morgan fingerprint density at radius 1 is 0.744 bits per heavy atom. The number of Topliss-reactive ketones (excluding diaryl/α,β-unsaturated/α-hetero) is 1. The minimum atomic E-state index is -4.72. The van der Waals surface area contributed by atoms with Gasteiger partial charge in [-0.2, -0.15) is 26.3 Å². The van der Waals surface area contributed by atoms with Crippen LogP contribution >= 0.6 is 0 Å². The van der Waals surface area contributed by atoms with E-state index < -0.39 is 77.6 Å². The molecule has 0 atom stereocenters. The third-order valence-electron chi connectivity index (χ3n) is 5.93. The molecule has 0 spiro atoms. The van der Waals surface area contributed by atoms with Crippen LogP contribution in [0, 0.1) is 5.41 Å². The minimum Gasteiger partial charge on any atom is -0.491 e. The number of carbonyl (C=O) groups is 3. The van der Waals surface area contributed by atoms with Gasteiger partial charge in [-0.25, -0.2) is 9.59 Å². The van der Waals surface area contributed by atoms with Crippen molar-refractivity contribution in [2.75, 3.05) is 19.8 Å². The molecule has 1 aliphatic rings. The average Bonchev–Trinajstić information content (AvgIpc) is 2.91. The number of para-hydroxylation sites is 1. The van der Waals surface area contributed by atoms with E-state index >= 15 is 0 Å². The normalized spacial score (nSPS) is 14.7. The number of benzene rings is 3. The minimum absolute atomic E-state index is 0.0639. The molecule has 0 radical (unpaired) electrons. The second-order valence-electron chi connectivity index (χ2n) is 8.70. The van der Waals surface area contributed by atoms with Crippen LogP contribution in [-0.2, 0) is 21.8 Å². The zero-order valence-electron chi connectivity index (χ0n) is 19.8. The van der Waals surface area contributed by atoms with Crippen molar-refractivity contribution in [1.29, 1.82) is 0 Å². The lowest BCUT2D eigenvalue weighted by atomic mass is 9.80. The lowest BCUT2D eigenvalue weighted by Gasteiger charge is -2.35. The number of alkyl halides is 6. The van der Waals surface area contributed by atoms with Crippen molar-refractivity contribution >= 4 is 17.7 Å². The van der Waals surface area contributed by atoms with Crippen LogP contribution in [0.2, 0.25) is 0 Å². The Morgan fingerprint density at radius 2 is 1.23 bits per heavy atom. The van der Waals surface area contributed by atoms with E-state index in [2.05, 4.69) is 0 Å². The molecule has 0 fully saturated rings. The van der Waals surface area contributed by atoms with Crippen LogP contribution in [0.3, 0.4) is 0 Å². The fourth-order valence-corrected chi connectivity index (χ4v) is 3.82. The molecular weight excluding hydrogens is 534 g/mol. The number of hydrogen-bond acceptors (Lipinski definition) is 6. The van der Waals surface area contributed by atoms with E-state index in [1.807, 2.05) is 0 Å². The van der Waals surface area contributed by atoms with Crippen LogP contribution in [0.5, 0.6) is 5.75 Å². The lowest BCUT2D eigenvalue weighted by molar-refractivity contribution is -0.138. The van der Waals surface area contributed by atoms with Gasteiger partial charge in [-0.3, -0.25) is 4.79 Å². The Kier molecular flexibility index (Phi) is 7.40. The Hall–Kier alpha value is -4.35. The van der Waals surface area contributed by atoms with Gasteiger partial charge in [-0.15, -0.1) is 0 Å². The number of ether oxygens (including phenoxy) is 3. The van der Waals surface area contributed by atoms with Crippen LogP contribution in [0.1, 0.15) is 42.2 Å². The number of fused-ring (bicyclic) bond motifs is 1. The molecule has 39 heavy (non-hydrogen) atoms. The monoisotopic (exact) mass is 552 g/mol. The lowest BCUT2D eigenvalue weighted by Crippen LogP contribution is -2.49. The van der Waals surface area contributed by atoms with Crippen molar-refractivity contribution in [2.24, 2.45) is 5.41 Å². The molecule has 1 heterocycles. The predicted octanol–water partition coefficient (Wildman–Crippen LogP) is 6.00. The number of ketones is 1. The summed E-state index contributed by atoms with van der Waals surface area (Å²) in [5, 5.41) is 0. The molecule has 0 saturated carbocycles. The quantitative estimate of drug-likeness (QED) is 0.276. The van der Waals surface area contributed by atoms with Gasteiger partial charge in [0.15, 0.2) is 5.78 Å². The SMILES string of the molecule is O=C(OCC1(COC(=O)c2cccc(C(F)(F)F)c2)COc2ccccc2C1=O)c1cccc(C(F)(F)F)c1. The smallest absolute Gasteiger partial charge is 0.416 e. The Labute approximate surface area is 217 Å². The molecule has 12 heteroatoms. The van der Waals surface area contributed by atoms with E-state index in [1.165, 1.54) is 18.2 Å². The van der Waals surface area contributed by atoms with Crippen LogP contribution in [0.25, 0.3) is 0 Å². The summed E-state index contributed by atoms with van der Waals surface area (Å²) in [5.41, 5.74) is -4.83. The van der Waals surface area contributed by atoms with Crippen molar-refractivity contribution in [1.82, 2.24) is 0 Å². The highest BCUT2D eigenvalue weighted by atomic mass is 19.4. The molecule has 0 unspecified atom stereocenters. The van der Waals surface area contributed by atoms with E-state index in [0.717, 1.165) is 36.4 Å². The number of carbonyl (C=O) groups excluding carboxylic acids is 3. The van der Waals surface area contributed by atoms with Crippen molar-refractivity contribution in [3.8, 4) is 5.75 Å². The van der Waals surface area contributed by atoms with Gasteiger partial charge in [0.25, 0.3) is 0 Å². The van der Waals surface area contributed by atoms with Gasteiger partial charge in [-0.05, 0) is 48.5 Å². The summed E-state index contributed by atoms with van der Waals surface area (Å²) in [6.07, 6.45) is -9.43. The largest absolute Gasteiger partial charge is 0.491 e. The van der Waals surface area contributed by atoms with Gasteiger partial charge in [0, 0.05) is 0 Å². The highest BCUT2D eigenvalue weighted by molar-refractivity contribution is 6.04. The average molecular weight is 552 g/mol. The van der Waals surface area contributed by atoms with Gasteiger partial charge < -0.3 is 14.2 Å². The number of hydrogen-bond donors (Lipinski definition) is 0. The maximum absolute atomic E-state index is 13.4. The molecule has 1 aliphatic heterocycles. The summed E-state index contributed by atoms with van der Waals surface area (Å²) in [5.74, 6) is -2.82. The number of esters is 2. The molecule has 6 nitrogen and oxygen atoms in total. The molecule has 0 amide bonds. The van der Waals surface area contributed by atoms with Crippen molar-refractivity contribution in [3.63, 3.8) is 0 Å². The molecule has 0 aromatic heterocycles. The summed E-state index contributed by atoms with van der Waals surface area (Å²) in [4.78, 5) is 38.6. The zero-order chi connectivity index (χ0) is 28.4. The first-order valence-electron chi connectivity index (χ1n) is 11.3. The van der Waals surface area contributed by atoms with Crippen LogP contribution < -0.4 is 4.74 Å². The first-order valence-corrected chi connectivity index (χ1v) is 11.3. The zero-order valence-corrected chi connectivity index (χ0v) is 19.8. The number of halogens is 6. The van der Waals surface area contributed by atoms with Gasteiger partial charge >= 0.3 is 24.3 Å². The highest BCUT2D eigenvalue weighted by Crippen LogP contribution is 2.36. The molecule has 0 bridgehead atoms. The summed E-state index contributed by atoms with van der Waals surface area (Å²) in [6.45, 7) is -1.97. The van der Waals surface area contributed by atoms with Crippen molar-refractivity contribution in [3.05, 3.63) is 101 Å². The van der Waals surface area contributed by atoms with Gasteiger partial charge in [0.1, 0.15) is 31.0 Å². The van der Waals surface area contributed by atoms with Crippen LogP contribution in [0.4, 0.5) is 26.3 Å². The topological polar surface area (TPSA) is 78.9 Å². The maximum Gasteiger partial charge on any atom is 0.416 e. The van der Waals surface area contributed by atoms with E-state index in [4.69, 9.17) is 14.2 Å². The maximum atomic E-state index is 13.4. The first-order chi connectivity index (χ1) is 18.3. The highest BCUT2D eigenvalue weighted by Gasteiger charge is 2.47. The molecule has 204 valence electrons. The third-order valence-corrected chi connectivity index (χ3v) is 5.93. The van der Waals surface area contributed by atoms with E-state index in [0.29, 0.717) is 12.1 Å². The molecule has 3 aromatic rings.